The molecule has 106 valence electrons. The molecule has 5 heteroatoms. The van der Waals surface area contributed by atoms with Gasteiger partial charge in [-0.3, -0.25) is 9.69 Å². The molecule has 19 heavy (non-hydrogen) atoms. The molecule has 0 aliphatic carbocycles. The van der Waals surface area contributed by atoms with Crippen molar-refractivity contribution in [2.75, 3.05) is 26.2 Å². The topological polar surface area (TPSA) is 49.8 Å². The van der Waals surface area contributed by atoms with E-state index in [-0.39, 0.29) is 5.92 Å². The van der Waals surface area contributed by atoms with Crippen molar-refractivity contribution in [3.8, 4) is 5.75 Å². The Morgan fingerprint density at radius 2 is 2.05 bits per heavy atom. The Bertz CT molecular complexity index is 394. The normalized spacial score (nSPS) is 12.4. The fraction of sp³-hybridized carbons (Fsp3) is 0.500. The monoisotopic (exact) mass is 329 g/mol. The lowest BCUT2D eigenvalue weighted by Crippen LogP contribution is -2.34. The molecule has 0 saturated heterocycles. The van der Waals surface area contributed by atoms with Crippen LogP contribution in [0.2, 0.25) is 0 Å². The van der Waals surface area contributed by atoms with Crippen LogP contribution in [0.4, 0.5) is 0 Å². The zero-order valence-corrected chi connectivity index (χ0v) is 12.9. The molecule has 1 rings (SSSR count). The van der Waals surface area contributed by atoms with Crippen molar-refractivity contribution in [1.29, 1.82) is 0 Å². The predicted octanol–water partition coefficient (Wildman–Crippen LogP) is 2.87. The molecule has 0 aromatic heterocycles. The third-order valence-corrected chi connectivity index (χ3v) is 3.42. The van der Waals surface area contributed by atoms with Crippen molar-refractivity contribution in [3.05, 3.63) is 28.7 Å². The van der Waals surface area contributed by atoms with Crippen LogP contribution in [0.3, 0.4) is 0 Å². The van der Waals surface area contributed by atoms with Gasteiger partial charge in [0.15, 0.2) is 0 Å². The van der Waals surface area contributed by atoms with E-state index in [4.69, 9.17) is 9.84 Å². The second kappa shape index (κ2) is 8.17. The molecule has 1 aromatic rings. The van der Waals surface area contributed by atoms with Crippen molar-refractivity contribution in [3.63, 3.8) is 0 Å². The molecular formula is C14H20BrNO3. The van der Waals surface area contributed by atoms with Gasteiger partial charge in [0.1, 0.15) is 12.4 Å². The Kier molecular flexibility index (Phi) is 6.87. The summed E-state index contributed by atoms with van der Waals surface area (Å²) in [6, 6.07) is 7.67. The van der Waals surface area contributed by atoms with E-state index in [1.54, 1.807) is 6.92 Å². The average Bonchev–Trinajstić information content (AvgIpc) is 2.39. The number of nitrogens with zero attached hydrogens (tertiary/aromatic N) is 1. The van der Waals surface area contributed by atoms with Crippen LogP contribution in [0.25, 0.3) is 0 Å². The van der Waals surface area contributed by atoms with E-state index in [1.165, 1.54) is 0 Å². The smallest absolute Gasteiger partial charge is 0.307 e. The van der Waals surface area contributed by atoms with Gasteiger partial charge in [-0.05, 0) is 30.8 Å². The molecule has 4 nitrogen and oxygen atoms in total. The van der Waals surface area contributed by atoms with Gasteiger partial charge in [-0.15, -0.1) is 0 Å². The lowest BCUT2D eigenvalue weighted by Gasteiger charge is -2.22. The third kappa shape index (κ3) is 6.07. The number of benzene rings is 1. The van der Waals surface area contributed by atoms with Crippen molar-refractivity contribution in [2.24, 2.45) is 5.92 Å². The van der Waals surface area contributed by atoms with Crippen LogP contribution in [0, 0.1) is 5.92 Å². The average molecular weight is 330 g/mol. The second-order valence-corrected chi connectivity index (χ2v) is 5.35. The fourth-order valence-electron chi connectivity index (χ4n) is 1.67. The number of hydrogen-bond donors (Lipinski definition) is 1. The highest BCUT2D eigenvalue weighted by molar-refractivity contribution is 9.10. The molecule has 0 aliphatic heterocycles. The van der Waals surface area contributed by atoms with E-state index >= 15 is 0 Å². The molecular weight excluding hydrogens is 310 g/mol. The molecule has 1 atom stereocenters. The Labute approximate surface area is 122 Å². The number of hydrogen-bond acceptors (Lipinski definition) is 3. The number of carboxylic acids is 1. The van der Waals surface area contributed by atoms with Crippen LogP contribution >= 0.6 is 15.9 Å². The van der Waals surface area contributed by atoms with Crippen LogP contribution in [-0.4, -0.2) is 42.2 Å². The van der Waals surface area contributed by atoms with E-state index in [9.17, 15) is 4.79 Å². The number of rotatable bonds is 8. The Morgan fingerprint density at radius 3 is 2.58 bits per heavy atom. The van der Waals surface area contributed by atoms with Gasteiger partial charge in [0.05, 0.1) is 5.92 Å². The highest BCUT2D eigenvalue weighted by atomic mass is 79.9. The maximum atomic E-state index is 10.8. The summed E-state index contributed by atoms with van der Waals surface area (Å²) in [7, 11) is 0. The van der Waals surface area contributed by atoms with Gasteiger partial charge in [-0.2, -0.15) is 0 Å². The first kappa shape index (κ1) is 16.0. The molecule has 1 aromatic carbocycles. The van der Waals surface area contributed by atoms with Crippen molar-refractivity contribution in [1.82, 2.24) is 4.90 Å². The van der Waals surface area contributed by atoms with Crippen LogP contribution < -0.4 is 4.74 Å². The Balaban J connectivity index is 2.33. The molecule has 0 fully saturated rings. The van der Waals surface area contributed by atoms with Gasteiger partial charge >= 0.3 is 5.97 Å². The van der Waals surface area contributed by atoms with Gasteiger partial charge in [-0.1, -0.05) is 29.8 Å². The third-order valence-electron chi connectivity index (χ3n) is 2.89. The van der Waals surface area contributed by atoms with E-state index in [1.807, 2.05) is 31.2 Å². The number of aliphatic carboxylic acids is 1. The fourth-order valence-corrected chi connectivity index (χ4v) is 1.93. The largest absolute Gasteiger partial charge is 0.492 e. The summed E-state index contributed by atoms with van der Waals surface area (Å²) in [5.74, 6) is -0.287. The number of carboxylic acid groups (broad SMARTS) is 1. The number of ether oxygens (including phenoxy) is 1. The molecule has 0 spiro atoms. The summed E-state index contributed by atoms with van der Waals surface area (Å²) in [5.41, 5.74) is 0. The lowest BCUT2D eigenvalue weighted by atomic mass is 10.2. The molecule has 0 heterocycles. The molecule has 0 amide bonds. The standard InChI is InChI=1S/C14H20BrNO3/c1-3-16(10-11(2)14(17)18)8-9-19-13-6-4-12(15)5-7-13/h4-7,11H,3,8-10H2,1-2H3,(H,17,18). The first-order chi connectivity index (χ1) is 9.02. The molecule has 0 radical (unpaired) electrons. The van der Waals surface area contributed by atoms with Gasteiger partial charge in [0.25, 0.3) is 0 Å². The Morgan fingerprint density at radius 1 is 1.42 bits per heavy atom. The van der Waals surface area contributed by atoms with E-state index in [0.29, 0.717) is 13.2 Å². The number of likely N-dealkylation sites (N-methyl/N-ethyl adjacent to an activating group) is 1. The second-order valence-electron chi connectivity index (χ2n) is 4.43. The minimum absolute atomic E-state index is 0.354. The van der Waals surface area contributed by atoms with Gasteiger partial charge in [0, 0.05) is 17.6 Å². The van der Waals surface area contributed by atoms with Gasteiger partial charge < -0.3 is 9.84 Å². The van der Waals surface area contributed by atoms with E-state index < -0.39 is 5.97 Å². The van der Waals surface area contributed by atoms with Gasteiger partial charge in [-0.25, -0.2) is 0 Å². The van der Waals surface area contributed by atoms with E-state index in [0.717, 1.165) is 23.3 Å². The Hall–Kier alpha value is -1.07. The SMILES string of the molecule is CCN(CCOc1ccc(Br)cc1)CC(C)C(=O)O. The summed E-state index contributed by atoms with van der Waals surface area (Å²) < 4.78 is 6.64. The van der Waals surface area contributed by atoms with Crippen molar-refractivity contribution >= 4 is 21.9 Å². The maximum absolute atomic E-state index is 10.8. The summed E-state index contributed by atoms with van der Waals surface area (Å²) >= 11 is 3.37. The minimum atomic E-state index is -0.757. The summed E-state index contributed by atoms with van der Waals surface area (Å²) in [5, 5.41) is 8.89. The van der Waals surface area contributed by atoms with Crippen LogP contribution in [0.5, 0.6) is 5.75 Å². The first-order valence-electron chi connectivity index (χ1n) is 6.36. The quantitative estimate of drug-likeness (QED) is 0.796. The van der Waals surface area contributed by atoms with Crippen LogP contribution in [0.15, 0.2) is 28.7 Å². The molecule has 0 saturated carbocycles. The zero-order valence-electron chi connectivity index (χ0n) is 11.3. The molecule has 1 unspecified atom stereocenters. The zero-order chi connectivity index (χ0) is 14.3. The maximum Gasteiger partial charge on any atom is 0.307 e. The summed E-state index contributed by atoms with van der Waals surface area (Å²) in [6.45, 7) is 6.40. The van der Waals surface area contributed by atoms with Crippen molar-refractivity contribution in [2.45, 2.75) is 13.8 Å². The van der Waals surface area contributed by atoms with Crippen LogP contribution in [-0.2, 0) is 4.79 Å². The molecule has 0 aliphatic rings. The molecule has 1 N–H and O–H groups in total. The predicted molar refractivity (Wildman–Crippen MR) is 78.6 cm³/mol. The van der Waals surface area contributed by atoms with Crippen molar-refractivity contribution < 1.29 is 14.6 Å². The highest BCUT2D eigenvalue weighted by Crippen LogP contribution is 2.16. The summed E-state index contributed by atoms with van der Waals surface area (Å²) in [6.07, 6.45) is 0. The van der Waals surface area contributed by atoms with E-state index in [2.05, 4.69) is 20.8 Å². The van der Waals surface area contributed by atoms with Crippen LogP contribution in [0.1, 0.15) is 13.8 Å². The first-order valence-corrected chi connectivity index (χ1v) is 7.15. The lowest BCUT2D eigenvalue weighted by molar-refractivity contribution is -0.141. The number of carbonyl (C=O) groups is 1. The number of halogens is 1. The van der Waals surface area contributed by atoms with Gasteiger partial charge in [0.2, 0.25) is 0 Å². The minimum Gasteiger partial charge on any atom is -0.492 e. The highest BCUT2D eigenvalue weighted by Gasteiger charge is 2.14. The summed E-state index contributed by atoms with van der Waals surface area (Å²) in [4.78, 5) is 12.9. The molecule has 0 bridgehead atoms.